The van der Waals surface area contributed by atoms with E-state index < -0.39 is 0 Å². The highest BCUT2D eigenvalue weighted by molar-refractivity contribution is 5.85. The number of benzene rings is 1. The molecule has 1 fully saturated rings. The second kappa shape index (κ2) is 6.76. The van der Waals surface area contributed by atoms with E-state index in [0.29, 0.717) is 12.6 Å². The van der Waals surface area contributed by atoms with Gasteiger partial charge in [-0.2, -0.15) is 0 Å². The summed E-state index contributed by atoms with van der Waals surface area (Å²) < 4.78 is 0. The van der Waals surface area contributed by atoms with Crippen LogP contribution in [0, 0.1) is 0 Å². The first-order chi connectivity index (χ1) is 8.24. The molecular weight excluding hydrogens is 248 g/mol. The molecule has 18 heavy (non-hydrogen) atoms. The maximum atomic E-state index is 12.4. The van der Waals surface area contributed by atoms with Crippen molar-refractivity contribution in [2.75, 3.05) is 13.6 Å². The third kappa shape index (κ3) is 3.03. The van der Waals surface area contributed by atoms with Crippen LogP contribution < -0.4 is 5.73 Å². The number of halogens is 1. The molecule has 1 aromatic carbocycles. The Morgan fingerprint density at radius 3 is 2.44 bits per heavy atom. The van der Waals surface area contributed by atoms with Gasteiger partial charge in [-0.05, 0) is 24.8 Å². The lowest BCUT2D eigenvalue weighted by Crippen LogP contribution is -2.44. The van der Waals surface area contributed by atoms with Crippen molar-refractivity contribution in [1.29, 1.82) is 0 Å². The van der Waals surface area contributed by atoms with Gasteiger partial charge >= 0.3 is 0 Å². The molecular formula is C14H21ClN2O. The van der Waals surface area contributed by atoms with E-state index in [0.717, 1.165) is 18.4 Å². The van der Waals surface area contributed by atoms with Gasteiger partial charge in [0, 0.05) is 19.6 Å². The highest BCUT2D eigenvalue weighted by Gasteiger charge is 2.30. The minimum absolute atomic E-state index is 0. The summed E-state index contributed by atoms with van der Waals surface area (Å²) in [5.74, 6) is -0.0369. The van der Waals surface area contributed by atoms with E-state index in [-0.39, 0.29) is 24.2 Å². The first-order valence-electron chi connectivity index (χ1n) is 6.25. The zero-order valence-electron chi connectivity index (χ0n) is 10.7. The van der Waals surface area contributed by atoms with Crippen molar-refractivity contribution >= 4 is 18.3 Å². The van der Waals surface area contributed by atoms with Crippen LogP contribution in [0.5, 0.6) is 0 Å². The number of rotatable bonds is 4. The number of hydrogen-bond donors (Lipinski definition) is 1. The maximum Gasteiger partial charge on any atom is 0.231 e. The van der Waals surface area contributed by atoms with Crippen molar-refractivity contribution in [2.24, 2.45) is 5.73 Å². The van der Waals surface area contributed by atoms with Gasteiger partial charge in [0.25, 0.3) is 0 Å². The van der Waals surface area contributed by atoms with Crippen LogP contribution in [0.2, 0.25) is 0 Å². The Morgan fingerprint density at radius 2 is 2.00 bits per heavy atom. The molecule has 0 aliphatic heterocycles. The quantitative estimate of drug-likeness (QED) is 0.910. The monoisotopic (exact) mass is 268 g/mol. The lowest BCUT2D eigenvalue weighted by atomic mass is 9.89. The summed E-state index contributed by atoms with van der Waals surface area (Å²) in [6.07, 6.45) is 3.50. The molecule has 4 heteroatoms. The maximum absolute atomic E-state index is 12.4. The van der Waals surface area contributed by atoms with Gasteiger partial charge in [0.1, 0.15) is 0 Å². The predicted octanol–water partition coefficient (Wildman–Crippen LogP) is 2.16. The SMILES string of the molecule is CN(C(=O)C(CN)c1ccccc1)C1CCC1.Cl. The molecule has 0 heterocycles. The third-order valence-electron chi connectivity index (χ3n) is 3.71. The average Bonchev–Trinajstić information content (AvgIpc) is 2.29. The van der Waals surface area contributed by atoms with Crippen LogP contribution in [0.4, 0.5) is 0 Å². The molecule has 0 saturated heterocycles. The minimum atomic E-state index is -0.193. The third-order valence-corrected chi connectivity index (χ3v) is 3.71. The molecule has 1 saturated carbocycles. The van der Waals surface area contributed by atoms with Gasteiger partial charge in [-0.15, -0.1) is 12.4 Å². The van der Waals surface area contributed by atoms with Gasteiger partial charge in [0.05, 0.1) is 5.92 Å². The molecule has 1 atom stereocenters. The molecule has 2 rings (SSSR count). The minimum Gasteiger partial charge on any atom is -0.342 e. The van der Waals surface area contributed by atoms with E-state index in [2.05, 4.69) is 0 Å². The van der Waals surface area contributed by atoms with Crippen molar-refractivity contribution in [2.45, 2.75) is 31.2 Å². The zero-order chi connectivity index (χ0) is 12.3. The fourth-order valence-electron chi connectivity index (χ4n) is 2.26. The summed E-state index contributed by atoms with van der Waals surface area (Å²) in [6, 6.07) is 10.2. The Morgan fingerprint density at radius 1 is 1.39 bits per heavy atom. The first kappa shape index (κ1) is 15.0. The Hall–Kier alpha value is -1.06. The molecule has 2 N–H and O–H groups in total. The smallest absolute Gasteiger partial charge is 0.231 e. The topological polar surface area (TPSA) is 46.3 Å². The lowest BCUT2D eigenvalue weighted by molar-refractivity contribution is -0.134. The van der Waals surface area contributed by atoms with Crippen molar-refractivity contribution in [3.8, 4) is 0 Å². The number of carbonyl (C=O) groups excluding carboxylic acids is 1. The van der Waals surface area contributed by atoms with E-state index in [9.17, 15) is 4.79 Å². The highest BCUT2D eigenvalue weighted by atomic mass is 35.5. The van der Waals surface area contributed by atoms with Crippen molar-refractivity contribution in [1.82, 2.24) is 4.90 Å². The molecule has 0 bridgehead atoms. The zero-order valence-corrected chi connectivity index (χ0v) is 11.5. The predicted molar refractivity (Wildman–Crippen MR) is 75.9 cm³/mol. The molecule has 100 valence electrons. The molecule has 1 unspecified atom stereocenters. The molecule has 3 nitrogen and oxygen atoms in total. The van der Waals surface area contributed by atoms with E-state index in [1.54, 1.807) is 0 Å². The van der Waals surface area contributed by atoms with Crippen molar-refractivity contribution in [3.05, 3.63) is 35.9 Å². The van der Waals surface area contributed by atoms with Gasteiger partial charge in [-0.25, -0.2) is 0 Å². The molecule has 1 amide bonds. The Labute approximate surface area is 115 Å². The fraction of sp³-hybridized carbons (Fsp3) is 0.500. The molecule has 0 spiro atoms. The summed E-state index contributed by atoms with van der Waals surface area (Å²) in [5.41, 5.74) is 6.78. The average molecular weight is 269 g/mol. The van der Waals surface area contributed by atoms with Gasteiger partial charge in [0.2, 0.25) is 5.91 Å². The summed E-state index contributed by atoms with van der Waals surface area (Å²) in [7, 11) is 1.90. The van der Waals surface area contributed by atoms with Crippen LogP contribution in [0.1, 0.15) is 30.7 Å². The Kier molecular flexibility index (Phi) is 5.63. The molecule has 1 aliphatic carbocycles. The van der Waals surface area contributed by atoms with E-state index in [1.165, 1.54) is 6.42 Å². The second-order valence-electron chi connectivity index (χ2n) is 4.73. The number of nitrogens with two attached hydrogens (primary N) is 1. The summed E-state index contributed by atoms with van der Waals surface area (Å²) >= 11 is 0. The highest BCUT2D eigenvalue weighted by Crippen LogP contribution is 2.26. The molecule has 1 aromatic rings. The van der Waals surface area contributed by atoms with E-state index >= 15 is 0 Å². The lowest BCUT2D eigenvalue weighted by Gasteiger charge is -2.36. The number of carbonyl (C=O) groups is 1. The van der Waals surface area contributed by atoms with E-state index in [4.69, 9.17) is 5.73 Å². The van der Waals surface area contributed by atoms with Crippen molar-refractivity contribution < 1.29 is 4.79 Å². The first-order valence-corrected chi connectivity index (χ1v) is 6.25. The van der Waals surface area contributed by atoms with E-state index in [1.807, 2.05) is 42.3 Å². The Bertz CT molecular complexity index is 379. The van der Waals surface area contributed by atoms with Crippen LogP contribution >= 0.6 is 12.4 Å². The standard InChI is InChI=1S/C14H20N2O.ClH/c1-16(12-8-5-9-12)14(17)13(10-15)11-6-3-2-4-7-11;/h2-4,6-7,12-13H,5,8-10,15H2,1H3;1H. The van der Waals surface area contributed by atoms with Crippen LogP contribution in [-0.2, 0) is 4.79 Å². The normalized spacial score (nSPS) is 16.3. The molecule has 0 aromatic heterocycles. The van der Waals surface area contributed by atoms with Crippen LogP contribution in [0.25, 0.3) is 0 Å². The molecule has 0 radical (unpaired) electrons. The largest absolute Gasteiger partial charge is 0.342 e. The summed E-state index contributed by atoms with van der Waals surface area (Å²) in [4.78, 5) is 14.2. The number of hydrogen-bond acceptors (Lipinski definition) is 2. The number of nitrogens with zero attached hydrogens (tertiary/aromatic N) is 1. The van der Waals surface area contributed by atoms with Gasteiger partial charge in [-0.3, -0.25) is 4.79 Å². The van der Waals surface area contributed by atoms with Crippen LogP contribution in [0.15, 0.2) is 30.3 Å². The van der Waals surface area contributed by atoms with Gasteiger partial charge < -0.3 is 10.6 Å². The Balaban J connectivity index is 0.00000162. The summed E-state index contributed by atoms with van der Waals surface area (Å²) in [5, 5.41) is 0. The summed E-state index contributed by atoms with van der Waals surface area (Å²) in [6.45, 7) is 0.375. The number of amides is 1. The second-order valence-corrected chi connectivity index (χ2v) is 4.73. The molecule has 1 aliphatic rings. The fourth-order valence-corrected chi connectivity index (χ4v) is 2.26. The van der Waals surface area contributed by atoms with Gasteiger partial charge in [-0.1, -0.05) is 30.3 Å². The van der Waals surface area contributed by atoms with Gasteiger partial charge in [0.15, 0.2) is 0 Å². The van der Waals surface area contributed by atoms with Crippen LogP contribution in [0.3, 0.4) is 0 Å². The van der Waals surface area contributed by atoms with Crippen molar-refractivity contribution in [3.63, 3.8) is 0 Å². The van der Waals surface area contributed by atoms with Crippen LogP contribution in [-0.4, -0.2) is 30.4 Å². The number of likely N-dealkylation sites (N-methyl/N-ethyl adjacent to an activating group) is 1.